The Balaban J connectivity index is 1.11. The topological polar surface area (TPSA) is 11.4 Å². The van der Waals surface area contributed by atoms with Crippen molar-refractivity contribution in [2.75, 3.05) is 9.80 Å². The van der Waals surface area contributed by atoms with Crippen molar-refractivity contribution in [3.05, 3.63) is 266 Å². The molecule has 0 aliphatic carbocycles. The van der Waals surface area contributed by atoms with Gasteiger partial charge in [0.1, 0.15) is 0 Å². The highest BCUT2D eigenvalue weighted by atomic mass is 15.2. The molecule has 0 spiro atoms. The minimum Gasteiger partial charge on any atom is -0.311 e. The number of hydrogen-bond donors (Lipinski definition) is 0. The van der Waals surface area contributed by atoms with E-state index in [4.69, 9.17) is 0 Å². The largest absolute Gasteiger partial charge is 0.311 e. The van der Waals surface area contributed by atoms with Gasteiger partial charge in [0.25, 0.3) is 6.71 Å². The van der Waals surface area contributed by atoms with E-state index in [1.165, 1.54) is 105 Å². The van der Waals surface area contributed by atoms with Crippen LogP contribution in [0.15, 0.2) is 255 Å². The number of hydrogen-bond acceptors (Lipinski definition) is 2. The van der Waals surface area contributed by atoms with Gasteiger partial charge in [0.15, 0.2) is 0 Å². The third-order valence-electron chi connectivity index (χ3n) is 16.5. The molecular formula is C74H60BN3. The van der Waals surface area contributed by atoms with Crippen LogP contribution in [0, 0.1) is 0 Å². The molecule has 0 fully saturated rings. The molecular weight excluding hydrogens is 942 g/mol. The van der Waals surface area contributed by atoms with Crippen LogP contribution in [0.2, 0.25) is 0 Å². The van der Waals surface area contributed by atoms with E-state index in [0.29, 0.717) is 0 Å². The van der Waals surface area contributed by atoms with Crippen molar-refractivity contribution in [2.24, 2.45) is 0 Å². The third-order valence-corrected chi connectivity index (χ3v) is 16.5. The predicted molar refractivity (Wildman–Crippen MR) is 334 cm³/mol. The van der Waals surface area contributed by atoms with Crippen LogP contribution in [-0.2, 0) is 10.8 Å². The average Bonchev–Trinajstić information content (AvgIpc) is 3.87. The molecule has 0 saturated heterocycles. The van der Waals surface area contributed by atoms with Crippen molar-refractivity contribution in [1.29, 1.82) is 0 Å². The van der Waals surface area contributed by atoms with Gasteiger partial charge in [-0.3, -0.25) is 0 Å². The predicted octanol–water partition coefficient (Wildman–Crippen LogP) is 18.1. The van der Waals surface area contributed by atoms with Gasteiger partial charge in [0.2, 0.25) is 0 Å². The van der Waals surface area contributed by atoms with Gasteiger partial charge in [-0.2, -0.15) is 0 Å². The second-order valence-corrected chi connectivity index (χ2v) is 23.4. The summed E-state index contributed by atoms with van der Waals surface area (Å²) in [7, 11) is 0. The van der Waals surface area contributed by atoms with Gasteiger partial charge in [-0.05, 0) is 144 Å². The summed E-state index contributed by atoms with van der Waals surface area (Å²) < 4.78 is 2.58. The first-order valence-electron chi connectivity index (χ1n) is 27.5. The van der Waals surface area contributed by atoms with Crippen molar-refractivity contribution in [1.82, 2.24) is 4.57 Å². The lowest BCUT2D eigenvalue weighted by Crippen LogP contribution is -2.61. The van der Waals surface area contributed by atoms with E-state index in [-0.39, 0.29) is 17.5 Å². The maximum Gasteiger partial charge on any atom is 0.252 e. The molecule has 0 bridgehead atoms. The molecule has 1 aromatic heterocycles. The Morgan fingerprint density at radius 2 is 0.615 bits per heavy atom. The summed E-state index contributed by atoms with van der Waals surface area (Å²) in [5.74, 6) is 0. The first kappa shape index (κ1) is 47.3. The zero-order chi connectivity index (χ0) is 52.9. The fraction of sp³-hybridized carbons (Fsp3) is 0.108. The SMILES string of the molecule is CC(C)(C)c1ccc2c3ccc(C(C)(C)C)cc3n(-c3cc4c5c(c3)N(c3ccc(-c6ccccc6)cc3)c3ccc(-c6ccccc6)cc3B5c3cc(-c5ccccc5)ccc3N4c3ccc(-c4ccccc4)cc3)c2c1. The number of rotatable bonds is 7. The van der Waals surface area contributed by atoms with E-state index in [2.05, 4.69) is 311 Å². The smallest absolute Gasteiger partial charge is 0.252 e. The fourth-order valence-electron chi connectivity index (χ4n) is 12.4. The highest BCUT2D eigenvalue weighted by Gasteiger charge is 2.44. The molecule has 0 N–H and O–H groups in total. The quantitative estimate of drug-likeness (QED) is 0.147. The number of aromatic nitrogens is 1. The second kappa shape index (κ2) is 18.3. The summed E-state index contributed by atoms with van der Waals surface area (Å²) >= 11 is 0. The second-order valence-electron chi connectivity index (χ2n) is 23.4. The molecule has 0 atom stereocenters. The van der Waals surface area contributed by atoms with E-state index in [0.717, 1.165) is 28.4 Å². The fourth-order valence-corrected chi connectivity index (χ4v) is 12.4. The molecule has 14 rings (SSSR count). The standard InChI is InChI=1S/C74H60BN3/c1-73(2,3)57-33-39-62-63-40-34-58(74(4,5)6)46-69(63)78(68(62)45-57)61-47-70-72-71(48-61)77(60-37-29-54(30-38-60)50-21-13-8-14-22-50)67-42-32-56(52-25-17-10-18-26-52)44-65(67)75(72)64-43-55(51-23-15-9-16-24-51)31-41-66(64)76(70)59-35-27-53(28-36-59)49-19-11-7-12-20-49/h7-48H,1-6H3. The molecule has 3 heterocycles. The van der Waals surface area contributed by atoms with Crippen LogP contribution in [-0.4, -0.2) is 11.3 Å². The summed E-state index contributed by atoms with van der Waals surface area (Å²) in [6.07, 6.45) is 0. The van der Waals surface area contributed by atoms with E-state index < -0.39 is 0 Å². The Kier molecular flexibility index (Phi) is 11.1. The zero-order valence-electron chi connectivity index (χ0n) is 45.2. The monoisotopic (exact) mass is 1000 g/mol. The van der Waals surface area contributed by atoms with Crippen LogP contribution in [0.4, 0.5) is 34.1 Å². The lowest BCUT2D eigenvalue weighted by atomic mass is 9.33. The van der Waals surface area contributed by atoms with Gasteiger partial charge in [0.05, 0.1) is 16.7 Å². The van der Waals surface area contributed by atoms with Gasteiger partial charge in [-0.25, -0.2) is 0 Å². The van der Waals surface area contributed by atoms with Crippen molar-refractivity contribution in [2.45, 2.75) is 52.4 Å². The van der Waals surface area contributed by atoms with Gasteiger partial charge in [-0.15, -0.1) is 0 Å². The molecule has 4 heteroatoms. The molecule has 0 saturated carbocycles. The highest BCUT2D eigenvalue weighted by molar-refractivity contribution is 7.00. The average molecular weight is 1000 g/mol. The van der Waals surface area contributed by atoms with Crippen molar-refractivity contribution in [3.8, 4) is 50.2 Å². The van der Waals surface area contributed by atoms with Crippen LogP contribution in [0.5, 0.6) is 0 Å². The van der Waals surface area contributed by atoms with Gasteiger partial charge < -0.3 is 14.4 Å². The number of fused-ring (bicyclic) bond motifs is 7. The molecule has 11 aromatic carbocycles. The summed E-state index contributed by atoms with van der Waals surface area (Å²) in [4.78, 5) is 5.13. The molecule has 2 aliphatic heterocycles. The maximum atomic E-state index is 2.58. The van der Waals surface area contributed by atoms with E-state index in [9.17, 15) is 0 Å². The van der Waals surface area contributed by atoms with Gasteiger partial charge in [0, 0.05) is 44.9 Å². The molecule has 2 aliphatic rings. The summed E-state index contributed by atoms with van der Waals surface area (Å²) in [5, 5.41) is 2.50. The normalized spacial score (nSPS) is 12.9. The maximum absolute atomic E-state index is 2.58. The number of benzene rings is 11. The minimum atomic E-state index is -0.112. The van der Waals surface area contributed by atoms with Crippen LogP contribution < -0.4 is 26.2 Å². The first-order valence-corrected chi connectivity index (χ1v) is 27.5. The summed E-state index contributed by atoms with van der Waals surface area (Å²) in [6.45, 7) is 13.8. The van der Waals surface area contributed by atoms with Crippen LogP contribution >= 0.6 is 0 Å². The Morgan fingerprint density at radius 1 is 0.282 bits per heavy atom. The van der Waals surface area contributed by atoms with Crippen LogP contribution in [0.25, 0.3) is 72.0 Å². The van der Waals surface area contributed by atoms with Crippen LogP contribution in [0.3, 0.4) is 0 Å². The minimum absolute atomic E-state index is 0.0584. The molecule has 374 valence electrons. The van der Waals surface area contributed by atoms with Gasteiger partial charge >= 0.3 is 0 Å². The Bertz CT molecular complexity index is 3970. The Labute approximate surface area is 459 Å². The summed E-state index contributed by atoms with van der Waals surface area (Å²) in [6, 6.07) is 95.5. The van der Waals surface area contributed by atoms with Gasteiger partial charge in [-0.1, -0.05) is 236 Å². The number of anilines is 6. The van der Waals surface area contributed by atoms with E-state index >= 15 is 0 Å². The number of nitrogens with zero attached hydrogens (tertiary/aromatic N) is 3. The first-order chi connectivity index (χ1) is 37.9. The Morgan fingerprint density at radius 3 is 0.974 bits per heavy atom. The zero-order valence-corrected chi connectivity index (χ0v) is 45.2. The third kappa shape index (κ3) is 7.97. The lowest BCUT2D eigenvalue weighted by Gasteiger charge is -2.44. The van der Waals surface area contributed by atoms with Crippen molar-refractivity contribution >= 4 is 79.0 Å². The van der Waals surface area contributed by atoms with Crippen molar-refractivity contribution in [3.63, 3.8) is 0 Å². The summed E-state index contributed by atoms with van der Waals surface area (Å²) in [5.41, 5.74) is 26.3. The Hall–Kier alpha value is -9.12. The van der Waals surface area contributed by atoms with Crippen LogP contribution in [0.1, 0.15) is 52.7 Å². The molecule has 0 amide bonds. The van der Waals surface area contributed by atoms with Crippen molar-refractivity contribution < 1.29 is 0 Å². The lowest BCUT2D eigenvalue weighted by molar-refractivity contribution is 0.591. The molecule has 78 heavy (non-hydrogen) atoms. The molecule has 0 radical (unpaired) electrons. The molecule has 0 unspecified atom stereocenters. The van der Waals surface area contributed by atoms with E-state index in [1.54, 1.807) is 0 Å². The molecule has 12 aromatic rings. The van der Waals surface area contributed by atoms with E-state index in [1.807, 2.05) is 0 Å². The molecule has 3 nitrogen and oxygen atoms in total. The highest BCUT2D eigenvalue weighted by Crippen LogP contribution is 2.48.